The van der Waals surface area contributed by atoms with Crippen molar-refractivity contribution in [1.82, 2.24) is 0 Å². The first-order chi connectivity index (χ1) is 4.67. The first-order valence-corrected chi connectivity index (χ1v) is 4.40. The van der Waals surface area contributed by atoms with E-state index in [1.54, 1.807) is 0 Å². The van der Waals surface area contributed by atoms with Crippen molar-refractivity contribution in [3.8, 4) is 0 Å². The molecule has 0 amide bonds. The minimum atomic E-state index is -0.0181. The zero-order valence-corrected chi connectivity index (χ0v) is 8.85. The lowest BCUT2D eigenvalue weighted by atomic mass is 9.98. The van der Waals surface area contributed by atoms with Crippen LogP contribution < -0.4 is 0 Å². The predicted molar refractivity (Wildman–Crippen MR) is 46.9 cm³/mol. The maximum atomic E-state index is 5.45. The van der Waals surface area contributed by atoms with Crippen LogP contribution in [0.5, 0.6) is 0 Å². The fourth-order valence-electron chi connectivity index (χ4n) is 1.02. The molecular weight excluding hydrogens is 140 g/mol. The lowest BCUT2D eigenvalue weighted by Gasteiger charge is -2.25. The van der Waals surface area contributed by atoms with Crippen LogP contribution in [0.1, 0.15) is 20.3 Å². The van der Waals surface area contributed by atoms with E-state index in [2.05, 4.69) is 32.1 Å². The second kappa shape index (κ2) is 2.72. The zero-order chi connectivity index (χ0) is 7.61. The van der Waals surface area contributed by atoms with Gasteiger partial charge in [-0.3, -0.25) is 0 Å². The highest BCUT2D eigenvalue weighted by Crippen LogP contribution is 2.25. The maximum Gasteiger partial charge on any atom is 0.147 e. The Morgan fingerprint density at radius 3 is 2.70 bits per heavy atom. The lowest BCUT2D eigenvalue weighted by molar-refractivity contribution is 0.164. The molecule has 0 aromatic rings. The Hall–Kier alpha value is -0.343. The number of hydrogen-bond donors (Lipinski definition) is 0. The van der Waals surface area contributed by atoms with Crippen molar-refractivity contribution in [2.75, 3.05) is 0 Å². The highest BCUT2D eigenvalue weighted by molar-refractivity contribution is 5.98. The van der Waals surface area contributed by atoms with Gasteiger partial charge in [-0.2, -0.15) is 0 Å². The standard InChI is InChI=1S/C8H14OSi/c1-8(2,9-10)7-5-3-4-6-7/h3-5H,6H2,1-2,10H3. The van der Waals surface area contributed by atoms with Crippen LogP contribution in [0.4, 0.5) is 0 Å². The van der Waals surface area contributed by atoms with Crippen molar-refractivity contribution in [3.05, 3.63) is 23.8 Å². The zero-order valence-electron chi connectivity index (χ0n) is 6.85. The Bertz CT molecular complexity index is 180. The fraction of sp³-hybridized carbons (Fsp3) is 0.500. The van der Waals surface area contributed by atoms with Crippen molar-refractivity contribution in [2.45, 2.75) is 25.9 Å². The van der Waals surface area contributed by atoms with Gasteiger partial charge >= 0.3 is 0 Å². The average Bonchev–Trinajstić information content (AvgIpc) is 2.38. The molecular formula is C8H14OSi. The van der Waals surface area contributed by atoms with E-state index in [0.717, 1.165) is 16.9 Å². The van der Waals surface area contributed by atoms with Crippen molar-refractivity contribution in [2.24, 2.45) is 0 Å². The summed E-state index contributed by atoms with van der Waals surface area (Å²) < 4.78 is 5.45. The summed E-state index contributed by atoms with van der Waals surface area (Å²) in [7, 11) is 0.814. The molecule has 0 fully saturated rings. The molecule has 0 saturated heterocycles. The summed E-state index contributed by atoms with van der Waals surface area (Å²) >= 11 is 0. The summed E-state index contributed by atoms with van der Waals surface area (Å²) in [6, 6.07) is 0. The minimum absolute atomic E-state index is 0.0181. The summed E-state index contributed by atoms with van der Waals surface area (Å²) in [5.41, 5.74) is 1.37. The molecule has 1 rings (SSSR count). The van der Waals surface area contributed by atoms with Crippen LogP contribution in [0.25, 0.3) is 0 Å². The third-order valence-corrected chi connectivity index (χ3v) is 3.08. The topological polar surface area (TPSA) is 9.23 Å². The molecule has 0 aromatic heterocycles. The lowest BCUT2D eigenvalue weighted by Crippen LogP contribution is -2.25. The van der Waals surface area contributed by atoms with Crippen molar-refractivity contribution >= 4 is 10.5 Å². The van der Waals surface area contributed by atoms with Crippen molar-refractivity contribution < 1.29 is 4.43 Å². The summed E-state index contributed by atoms with van der Waals surface area (Å²) in [5.74, 6) is 0. The molecule has 0 atom stereocenters. The molecule has 1 aliphatic rings. The van der Waals surface area contributed by atoms with Gasteiger partial charge in [0.05, 0.1) is 5.60 Å². The fourth-order valence-corrected chi connectivity index (χ4v) is 1.29. The van der Waals surface area contributed by atoms with E-state index in [4.69, 9.17) is 4.43 Å². The first-order valence-electron chi connectivity index (χ1n) is 3.58. The third kappa shape index (κ3) is 1.38. The quantitative estimate of drug-likeness (QED) is 0.538. The summed E-state index contributed by atoms with van der Waals surface area (Å²) in [4.78, 5) is 0. The van der Waals surface area contributed by atoms with Crippen LogP contribution in [-0.4, -0.2) is 16.1 Å². The summed E-state index contributed by atoms with van der Waals surface area (Å²) in [6.45, 7) is 4.25. The van der Waals surface area contributed by atoms with Crippen LogP contribution in [0.15, 0.2) is 23.8 Å². The van der Waals surface area contributed by atoms with E-state index in [1.165, 1.54) is 5.57 Å². The number of hydrogen-bond acceptors (Lipinski definition) is 1. The molecule has 0 spiro atoms. The summed E-state index contributed by atoms with van der Waals surface area (Å²) in [5, 5.41) is 0. The van der Waals surface area contributed by atoms with Gasteiger partial charge in [-0.1, -0.05) is 18.2 Å². The van der Waals surface area contributed by atoms with Crippen molar-refractivity contribution in [1.29, 1.82) is 0 Å². The van der Waals surface area contributed by atoms with E-state index in [0.29, 0.717) is 0 Å². The van der Waals surface area contributed by atoms with Gasteiger partial charge in [0.25, 0.3) is 0 Å². The Morgan fingerprint density at radius 2 is 2.30 bits per heavy atom. The van der Waals surface area contributed by atoms with Gasteiger partial charge in [0.15, 0.2) is 0 Å². The largest absolute Gasteiger partial charge is 0.419 e. The molecule has 1 aliphatic carbocycles. The SMILES string of the molecule is CC(C)(O[SiH3])C1=CC=CC1. The molecule has 1 nitrogen and oxygen atoms in total. The number of allylic oxidation sites excluding steroid dienone is 3. The predicted octanol–water partition coefficient (Wildman–Crippen LogP) is 0.948. The molecule has 10 heavy (non-hydrogen) atoms. The van der Waals surface area contributed by atoms with E-state index in [9.17, 15) is 0 Å². The monoisotopic (exact) mass is 154 g/mol. The molecule has 0 aromatic carbocycles. The van der Waals surface area contributed by atoms with Crippen molar-refractivity contribution in [3.63, 3.8) is 0 Å². The molecule has 0 unspecified atom stereocenters. The Morgan fingerprint density at radius 1 is 1.60 bits per heavy atom. The molecule has 0 aliphatic heterocycles. The van der Waals surface area contributed by atoms with E-state index >= 15 is 0 Å². The van der Waals surface area contributed by atoms with Crippen LogP contribution in [-0.2, 0) is 4.43 Å². The molecule has 0 heterocycles. The van der Waals surface area contributed by atoms with Gasteiger partial charge in [0, 0.05) is 0 Å². The van der Waals surface area contributed by atoms with E-state index < -0.39 is 0 Å². The van der Waals surface area contributed by atoms with Gasteiger partial charge in [-0.25, -0.2) is 0 Å². The highest BCUT2D eigenvalue weighted by Gasteiger charge is 2.21. The van der Waals surface area contributed by atoms with Gasteiger partial charge in [-0.05, 0) is 25.8 Å². The molecule has 0 radical (unpaired) electrons. The second-order valence-electron chi connectivity index (χ2n) is 3.04. The van der Waals surface area contributed by atoms with Gasteiger partial charge in [-0.15, -0.1) is 0 Å². The number of rotatable bonds is 2. The molecule has 0 N–H and O–H groups in total. The van der Waals surface area contributed by atoms with Crippen LogP contribution in [0.2, 0.25) is 0 Å². The van der Waals surface area contributed by atoms with Crippen LogP contribution in [0, 0.1) is 0 Å². The Balaban J connectivity index is 2.65. The van der Waals surface area contributed by atoms with E-state index in [-0.39, 0.29) is 5.60 Å². The van der Waals surface area contributed by atoms with Gasteiger partial charge in [0.1, 0.15) is 10.5 Å². The maximum absolute atomic E-state index is 5.45. The Labute approximate surface area is 65.3 Å². The highest BCUT2D eigenvalue weighted by atomic mass is 28.2. The molecule has 0 bridgehead atoms. The van der Waals surface area contributed by atoms with Crippen LogP contribution in [0.3, 0.4) is 0 Å². The Kier molecular flexibility index (Phi) is 2.11. The minimum Gasteiger partial charge on any atom is -0.419 e. The molecule has 56 valence electrons. The third-order valence-electron chi connectivity index (χ3n) is 2.05. The normalized spacial score (nSPS) is 18.0. The first kappa shape index (κ1) is 7.76. The molecule has 0 saturated carbocycles. The second-order valence-corrected chi connectivity index (χ2v) is 3.45. The van der Waals surface area contributed by atoms with Crippen LogP contribution >= 0.6 is 0 Å². The summed E-state index contributed by atoms with van der Waals surface area (Å²) in [6.07, 6.45) is 7.47. The van der Waals surface area contributed by atoms with E-state index in [1.807, 2.05) is 0 Å². The molecule has 2 heteroatoms. The van der Waals surface area contributed by atoms with Gasteiger partial charge < -0.3 is 4.43 Å². The van der Waals surface area contributed by atoms with Gasteiger partial charge in [0.2, 0.25) is 0 Å². The average molecular weight is 154 g/mol. The smallest absolute Gasteiger partial charge is 0.147 e.